The van der Waals surface area contributed by atoms with Crippen LogP contribution in [0.2, 0.25) is 0 Å². The molecular weight excluding hydrogens is 304 g/mol. The minimum atomic E-state index is -0.844. The fourth-order valence-electron chi connectivity index (χ4n) is 2.01. The molecule has 0 aromatic heterocycles. The van der Waals surface area contributed by atoms with Crippen molar-refractivity contribution in [2.45, 2.75) is 70.5 Å². The highest BCUT2D eigenvalue weighted by Crippen LogP contribution is 2.03. The molecule has 0 aliphatic heterocycles. The van der Waals surface area contributed by atoms with Crippen molar-refractivity contribution in [3.63, 3.8) is 0 Å². The summed E-state index contributed by atoms with van der Waals surface area (Å²) in [6.45, 7) is 2.18. The van der Waals surface area contributed by atoms with E-state index < -0.39 is 18.2 Å². The van der Waals surface area contributed by atoms with E-state index in [4.69, 9.17) is 5.11 Å². The lowest BCUT2D eigenvalue weighted by Gasteiger charge is -2.02. The molecule has 0 fully saturated rings. The molecule has 0 spiro atoms. The number of unbranched alkanes of at least 4 members (excludes halogenated alkanes) is 3. The van der Waals surface area contributed by atoms with E-state index in [1.54, 1.807) is 24.3 Å². The van der Waals surface area contributed by atoms with Gasteiger partial charge in [0, 0.05) is 6.42 Å². The number of aliphatic hydroxyl groups is 2. The molecule has 0 aromatic carbocycles. The van der Waals surface area contributed by atoms with Crippen LogP contribution < -0.4 is 0 Å². The predicted octanol–water partition coefficient (Wildman–Crippen LogP) is 4.16. The summed E-state index contributed by atoms with van der Waals surface area (Å²) < 4.78 is 0. The van der Waals surface area contributed by atoms with Gasteiger partial charge in [-0.25, -0.2) is 0 Å². The molecule has 0 saturated heterocycles. The van der Waals surface area contributed by atoms with Crippen molar-refractivity contribution in [3.8, 4) is 0 Å². The maximum absolute atomic E-state index is 10.4. The summed E-state index contributed by atoms with van der Waals surface area (Å²) >= 11 is 0. The van der Waals surface area contributed by atoms with Crippen molar-refractivity contribution in [3.05, 3.63) is 48.6 Å². The van der Waals surface area contributed by atoms with Gasteiger partial charge in [-0.15, -0.1) is 0 Å². The molecule has 24 heavy (non-hydrogen) atoms. The molecule has 0 rings (SSSR count). The third kappa shape index (κ3) is 16.7. The average Bonchev–Trinajstić information content (AvgIpc) is 2.53. The normalized spacial score (nSPS) is 15.1. The minimum absolute atomic E-state index is 0.0757. The minimum Gasteiger partial charge on any atom is -0.481 e. The molecular formula is C20H32O4. The number of rotatable bonds is 14. The van der Waals surface area contributed by atoms with E-state index in [1.165, 1.54) is 19.3 Å². The van der Waals surface area contributed by atoms with Gasteiger partial charge in [0.15, 0.2) is 0 Å². The number of hydrogen-bond donors (Lipinski definition) is 3. The molecule has 0 aromatic rings. The first kappa shape index (κ1) is 22.4. The number of carbonyl (C=O) groups is 1. The van der Waals surface area contributed by atoms with E-state index in [0.29, 0.717) is 19.3 Å². The summed E-state index contributed by atoms with van der Waals surface area (Å²) in [6, 6.07) is 0. The third-order valence-electron chi connectivity index (χ3n) is 3.40. The highest BCUT2D eigenvalue weighted by Gasteiger charge is 2.01. The number of carboxylic acid groups (broad SMARTS) is 1. The first-order valence-electron chi connectivity index (χ1n) is 8.80. The van der Waals surface area contributed by atoms with E-state index >= 15 is 0 Å². The van der Waals surface area contributed by atoms with Crippen LogP contribution in [0.25, 0.3) is 0 Å². The topological polar surface area (TPSA) is 77.8 Å². The fraction of sp³-hybridized carbons (Fsp3) is 0.550. The third-order valence-corrected chi connectivity index (χ3v) is 3.40. The first-order valence-corrected chi connectivity index (χ1v) is 8.80. The van der Waals surface area contributed by atoms with Crippen LogP contribution in [0.1, 0.15) is 58.3 Å². The summed E-state index contributed by atoms with van der Waals surface area (Å²) in [5, 5.41) is 27.9. The molecule has 0 aliphatic rings. The number of hydrogen-bond acceptors (Lipinski definition) is 3. The Kier molecular flexibility index (Phi) is 15.1. The Morgan fingerprint density at radius 3 is 2.25 bits per heavy atom. The monoisotopic (exact) mass is 336 g/mol. The van der Waals surface area contributed by atoms with Crippen LogP contribution in [-0.2, 0) is 4.79 Å². The lowest BCUT2D eigenvalue weighted by molar-refractivity contribution is -0.137. The van der Waals surface area contributed by atoms with Crippen molar-refractivity contribution >= 4 is 5.97 Å². The van der Waals surface area contributed by atoms with Crippen LogP contribution in [0.3, 0.4) is 0 Å². The number of aliphatic hydroxyl groups excluding tert-OH is 2. The van der Waals surface area contributed by atoms with Crippen LogP contribution in [0, 0.1) is 0 Å². The molecule has 2 atom stereocenters. The standard InChI is InChI=1S/C20H32O4/c1-2-3-4-5-6-7-9-13-18(21)14-10-8-11-15-19(22)16-12-17-20(23)24/h6-11,13,15,18-19,21-22H,2-5,12,14,16-17H2,1H3,(H,23,24)/b7-6-,10-8-,13-9+,15-11+/t18-,19-/m0/s1. The van der Waals surface area contributed by atoms with Gasteiger partial charge in [0.2, 0.25) is 0 Å². The van der Waals surface area contributed by atoms with Crippen molar-refractivity contribution in [2.75, 3.05) is 0 Å². The zero-order valence-corrected chi connectivity index (χ0v) is 14.7. The number of aliphatic carboxylic acids is 1. The van der Waals surface area contributed by atoms with Crippen LogP contribution in [-0.4, -0.2) is 33.5 Å². The van der Waals surface area contributed by atoms with Crippen molar-refractivity contribution in [2.24, 2.45) is 0 Å². The molecule has 0 heterocycles. The molecule has 0 bridgehead atoms. The average molecular weight is 336 g/mol. The van der Waals surface area contributed by atoms with E-state index in [2.05, 4.69) is 13.0 Å². The summed E-state index contributed by atoms with van der Waals surface area (Å²) in [4.78, 5) is 10.4. The van der Waals surface area contributed by atoms with Crippen molar-refractivity contribution in [1.82, 2.24) is 0 Å². The molecule has 0 aliphatic carbocycles. The van der Waals surface area contributed by atoms with Gasteiger partial charge in [-0.1, -0.05) is 68.4 Å². The van der Waals surface area contributed by atoms with Gasteiger partial charge in [-0.2, -0.15) is 0 Å². The van der Waals surface area contributed by atoms with Crippen molar-refractivity contribution < 1.29 is 20.1 Å². The maximum Gasteiger partial charge on any atom is 0.303 e. The summed E-state index contributed by atoms with van der Waals surface area (Å²) in [6.07, 6.45) is 19.8. The van der Waals surface area contributed by atoms with Gasteiger partial charge < -0.3 is 15.3 Å². The molecule has 4 heteroatoms. The second-order valence-electron chi connectivity index (χ2n) is 5.78. The second-order valence-corrected chi connectivity index (χ2v) is 5.78. The van der Waals surface area contributed by atoms with Crippen LogP contribution in [0.15, 0.2) is 48.6 Å². The largest absolute Gasteiger partial charge is 0.481 e. The van der Waals surface area contributed by atoms with Crippen LogP contribution in [0.5, 0.6) is 0 Å². The second kappa shape index (κ2) is 16.2. The quantitative estimate of drug-likeness (QED) is 0.329. The smallest absolute Gasteiger partial charge is 0.303 e. The Hall–Kier alpha value is -1.65. The van der Waals surface area contributed by atoms with Crippen LogP contribution >= 0.6 is 0 Å². The van der Waals surface area contributed by atoms with E-state index in [-0.39, 0.29) is 6.42 Å². The number of allylic oxidation sites excluding steroid dienone is 5. The van der Waals surface area contributed by atoms with E-state index in [1.807, 2.05) is 18.2 Å². The Bertz CT molecular complexity index is 421. The van der Waals surface area contributed by atoms with Gasteiger partial charge in [-0.05, 0) is 32.1 Å². The zero-order valence-electron chi connectivity index (χ0n) is 14.7. The molecule has 3 N–H and O–H groups in total. The molecule has 0 saturated carbocycles. The summed E-state index contributed by atoms with van der Waals surface area (Å²) in [7, 11) is 0. The molecule has 4 nitrogen and oxygen atoms in total. The van der Waals surface area contributed by atoms with Gasteiger partial charge >= 0.3 is 5.97 Å². The SMILES string of the molecule is CCCCC/C=C\C=C\[C@H](O)C/C=C\C=C\[C@H](O)CCCC(=O)O. The van der Waals surface area contributed by atoms with Crippen molar-refractivity contribution in [1.29, 1.82) is 0 Å². The Morgan fingerprint density at radius 1 is 0.917 bits per heavy atom. The summed E-state index contributed by atoms with van der Waals surface area (Å²) in [5.74, 6) is -0.844. The highest BCUT2D eigenvalue weighted by molar-refractivity contribution is 5.66. The number of carboxylic acids is 1. The van der Waals surface area contributed by atoms with Gasteiger partial charge in [0.1, 0.15) is 0 Å². The van der Waals surface area contributed by atoms with E-state index in [0.717, 1.165) is 6.42 Å². The highest BCUT2D eigenvalue weighted by atomic mass is 16.4. The first-order chi connectivity index (χ1) is 11.6. The molecule has 136 valence electrons. The van der Waals surface area contributed by atoms with Crippen LogP contribution in [0.4, 0.5) is 0 Å². The maximum atomic E-state index is 10.4. The molecule has 0 amide bonds. The lowest BCUT2D eigenvalue weighted by Crippen LogP contribution is -2.03. The van der Waals surface area contributed by atoms with E-state index in [9.17, 15) is 15.0 Å². The molecule has 0 radical (unpaired) electrons. The lowest BCUT2D eigenvalue weighted by atomic mass is 10.1. The van der Waals surface area contributed by atoms with Gasteiger partial charge in [0.25, 0.3) is 0 Å². The van der Waals surface area contributed by atoms with Gasteiger partial charge in [0.05, 0.1) is 12.2 Å². The Morgan fingerprint density at radius 2 is 1.58 bits per heavy atom. The Balaban J connectivity index is 3.80. The summed E-state index contributed by atoms with van der Waals surface area (Å²) in [5.41, 5.74) is 0. The molecule has 0 unspecified atom stereocenters. The Labute approximate surface area is 145 Å². The zero-order chi connectivity index (χ0) is 18.0. The predicted molar refractivity (Wildman–Crippen MR) is 98.8 cm³/mol. The fourth-order valence-corrected chi connectivity index (χ4v) is 2.01. The van der Waals surface area contributed by atoms with Gasteiger partial charge in [-0.3, -0.25) is 4.79 Å².